The molecule has 3 nitrogen and oxygen atoms in total. The molecule has 0 atom stereocenters. The summed E-state index contributed by atoms with van der Waals surface area (Å²) in [6, 6.07) is 0. The Labute approximate surface area is 132 Å². The van der Waals surface area contributed by atoms with Gasteiger partial charge in [-0.15, -0.1) is 0 Å². The zero-order valence-corrected chi connectivity index (χ0v) is 12.0. The van der Waals surface area contributed by atoms with E-state index in [9.17, 15) is 13.2 Å². The molecule has 0 bridgehead atoms. The molecule has 2 saturated carbocycles. The van der Waals surface area contributed by atoms with E-state index in [1.54, 1.807) is 0 Å². The van der Waals surface area contributed by atoms with Crippen LogP contribution in [0.5, 0.6) is 0 Å². The third kappa shape index (κ3) is 13.3. The molecule has 0 saturated heterocycles. The van der Waals surface area contributed by atoms with Crippen molar-refractivity contribution in [1.82, 2.24) is 0 Å². The third-order valence-corrected chi connectivity index (χ3v) is 1.48. The molecule has 0 heterocycles. The second kappa shape index (κ2) is 11.3. The Morgan fingerprint density at radius 1 is 0.684 bits per heavy atom. The number of hydrogen-bond acceptors (Lipinski definition) is 3. The van der Waals surface area contributed by atoms with Gasteiger partial charge in [0.05, 0.1) is 0 Å². The molecule has 19 heavy (non-hydrogen) atoms. The first-order chi connectivity index (χ1) is 8.25. The molecule has 2 aliphatic carbocycles. The Kier molecular flexibility index (Phi) is 13.0. The molecule has 0 N–H and O–H groups in total. The monoisotopic (exact) mass is 359 g/mol. The van der Waals surface area contributed by atoms with Crippen LogP contribution in [0.1, 0.15) is 0 Å². The average Bonchev–Trinajstić information content (AvgIpc) is 2.95. The molecular formula is C11F3O3SZr-. The molecule has 0 aliphatic heterocycles. The van der Waals surface area contributed by atoms with Crippen LogP contribution in [0.15, 0.2) is 0 Å². The fourth-order valence-electron chi connectivity index (χ4n) is 0.312. The van der Waals surface area contributed by atoms with Crippen LogP contribution in [0.25, 0.3) is 0 Å². The molecule has 0 aromatic rings. The molecular weight excluding hydrogens is 360 g/mol. The minimum absolute atomic E-state index is 0. The topological polar surface area (TPSA) is 57.2 Å². The Balaban J connectivity index is 0. The normalized spacial score (nSPS) is 18.5. The van der Waals surface area contributed by atoms with Gasteiger partial charge in [-0.3, -0.25) is 0 Å². The molecule has 0 unspecified atom stereocenters. The van der Waals surface area contributed by atoms with Crippen molar-refractivity contribution < 1.29 is 52.3 Å². The van der Waals surface area contributed by atoms with E-state index < -0.39 is 15.6 Å². The van der Waals surface area contributed by atoms with E-state index in [0.717, 1.165) is 0 Å². The maximum Gasteiger partial charge on any atom is 0.485 e. The van der Waals surface area contributed by atoms with Gasteiger partial charge in [0.15, 0.2) is 10.1 Å². The van der Waals surface area contributed by atoms with E-state index in [1.807, 2.05) is 0 Å². The Morgan fingerprint density at radius 2 is 0.789 bits per heavy atom. The van der Waals surface area contributed by atoms with E-state index in [2.05, 4.69) is 64.2 Å². The number of alkyl halides is 3. The van der Waals surface area contributed by atoms with Crippen molar-refractivity contribution in [1.29, 1.82) is 0 Å². The van der Waals surface area contributed by atoms with Gasteiger partial charge < -0.3 is 4.55 Å². The van der Waals surface area contributed by atoms with Gasteiger partial charge in [-0.25, -0.2) is 8.42 Å². The number of rotatable bonds is 0. The van der Waals surface area contributed by atoms with Gasteiger partial charge in [0.2, 0.25) is 0 Å². The zero-order chi connectivity index (χ0) is 14.1. The Morgan fingerprint density at radius 3 is 0.842 bits per heavy atom. The molecule has 0 aromatic heterocycles. The molecule has 8 heteroatoms. The minimum Gasteiger partial charge on any atom is -0.741 e. The summed E-state index contributed by atoms with van der Waals surface area (Å²) in [5, 5.41) is 0. The summed E-state index contributed by atoms with van der Waals surface area (Å²) in [4.78, 5) is 0. The number of halogens is 3. The molecule has 0 spiro atoms. The first-order valence-electron chi connectivity index (χ1n) is 3.77. The van der Waals surface area contributed by atoms with Crippen molar-refractivity contribution in [3.05, 3.63) is 64.2 Å². The summed E-state index contributed by atoms with van der Waals surface area (Å²) >= 11 is 0. The first-order valence-corrected chi connectivity index (χ1v) is 5.18. The molecule has 20 radical (unpaired) electrons. The molecule has 2 aliphatic rings. The zero-order valence-electron chi connectivity index (χ0n) is 8.77. The summed E-state index contributed by atoms with van der Waals surface area (Å²) in [5.74, 6) is 0. The van der Waals surface area contributed by atoms with Crippen LogP contribution < -0.4 is 0 Å². The fraction of sp³-hybridized carbons (Fsp3) is 0.0909. The second-order valence-electron chi connectivity index (χ2n) is 2.15. The average molecular weight is 360 g/mol. The van der Waals surface area contributed by atoms with E-state index in [-0.39, 0.29) is 26.2 Å². The third-order valence-electron chi connectivity index (χ3n) is 0.908. The van der Waals surface area contributed by atoms with Crippen LogP contribution in [0, 0.1) is 64.2 Å². The Hall–Kier alpha value is 0.583. The summed E-state index contributed by atoms with van der Waals surface area (Å²) in [7, 11) is -6.09. The standard InChI is InChI=1S/2C5.CHF3O3S.Zr/c2*1-2-4-5-3-1;2-1(3,4)8(5,6)7;/h;;(H,5,6,7);/p-1. The van der Waals surface area contributed by atoms with Gasteiger partial charge in [-0.1, -0.05) is 0 Å². The summed E-state index contributed by atoms with van der Waals surface area (Å²) in [6.07, 6.45) is 25.0. The van der Waals surface area contributed by atoms with Crippen molar-refractivity contribution in [2.75, 3.05) is 0 Å². The van der Waals surface area contributed by atoms with E-state index in [4.69, 9.17) is 13.0 Å². The van der Waals surface area contributed by atoms with Crippen molar-refractivity contribution in [2.24, 2.45) is 0 Å². The summed E-state index contributed by atoms with van der Waals surface area (Å²) in [5.41, 5.74) is -5.65. The number of hydrogen-bond donors (Lipinski definition) is 0. The summed E-state index contributed by atoms with van der Waals surface area (Å²) < 4.78 is 58.9. The molecule has 2 fully saturated rings. The van der Waals surface area contributed by atoms with E-state index in [1.165, 1.54) is 0 Å². The predicted molar refractivity (Wildman–Crippen MR) is 48.2 cm³/mol. The summed E-state index contributed by atoms with van der Waals surface area (Å²) in [6.45, 7) is 0. The van der Waals surface area contributed by atoms with Crippen LogP contribution in [0.3, 0.4) is 0 Å². The van der Waals surface area contributed by atoms with Crippen LogP contribution in [0.4, 0.5) is 13.2 Å². The molecule has 0 aromatic carbocycles. The van der Waals surface area contributed by atoms with Crippen molar-refractivity contribution >= 4 is 10.1 Å². The van der Waals surface area contributed by atoms with Gasteiger partial charge in [0.1, 0.15) is 0 Å². The predicted octanol–water partition coefficient (Wildman–Crippen LogP) is 0.862. The van der Waals surface area contributed by atoms with Gasteiger partial charge in [0.25, 0.3) is 0 Å². The van der Waals surface area contributed by atoms with Crippen LogP contribution in [-0.2, 0) is 36.3 Å². The smallest absolute Gasteiger partial charge is 0.485 e. The van der Waals surface area contributed by atoms with Gasteiger partial charge >= 0.3 is 5.51 Å². The van der Waals surface area contributed by atoms with Crippen molar-refractivity contribution in [3.8, 4) is 0 Å². The van der Waals surface area contributed by atoms with Crippen molar-refractivity contribution in [2.45, 2.75) is 5.51 Å². The van der Waals surface area contributed by atoms with Crippen LogP contribution in [-0.4, -0.2) is 18.5 Å². The second-order valence-corrected chi connectivity index (χ2v) is 3.52. The fourth-order valence-corrected chi connectivity index (χ4v) is 0.312. The minimum atomic E-state index is -6.09. The SMILES string of the molecule is O=S(=O)([O-])C(F)(F)F.[C]1[C][C][C][C]1.[C]1[C][C][C][C]1.[Zr]. The first kappa shape index (κ1) is 21.9. The molecule has 94 valence electrons. The largest absolute Gasteiger partial charge is 0.741 e. The van der Waals surface area contributed by atoms with Crippen LogP contribution >= 0.6 is 0 Å². The Bertz CT molecular complexity index is 272. The van der Waals surface area contributed by atoms with Gasteiger partial charge in [-0.2, -0.15) is 13.2 Å². The van der Waals surface area contributed by atoms with Gasteiger partial charge in [0, 0.05) is 90.4 Å². The maximum atomic E-state index is 10.7. The van der Waals surface area contributed by atoms with Crippen LogP contribution in [0.2, 0.25) is 0 Å². The van der Waals surface area contributed by atoms with Crippen molar-refractivity contribution in [3.63, 3.8) is 0 Å². The van der Waals surface area contributed by atoms with E-state index >= 15 is 0 Å². The molecule has 0 amide bonds. The molecule has 2 rings (SSSR count). The van der Waals surface area contributed by atoms with E-state index in [0.29, 0.717) is 0 Å². The maximum absolute atomic E-state index is 10.7. The quantitative estimate of drug-likeness (QED) is 0.476. The van der Waals surface area contributed by atoms with Gasteiger partial charge in [-0.05, 0) is 0 Å².